The van der Waals surface area contributed by atoms with Gasteiger partial charge < -0.3 is 14.5 Å². The fourth-order valence-electron chi connectivity index (χ4n) is 2.65. The SMILES string of the molecule is O=C(Nc1ccc(OCc2nnc(-c3ccc(Cl)cc3)o2)c(F)c1)c1ccccc1. The molecule has 0 saturated carbocycles. The van der Waals surface area contributed by atoms with Crippen molar-refractivity contribution >= 4 is 23.2 Å². The first-order valence-electron chi connectivity index (χ1n) is 8.95. The first-order chi connectivity index (χ1) is 14.6. The Balaban J connectivity index is 1.38. The highest BCUT2D eigenvalue weighted by Gasteiger charge is 2.12. The summed E-state index contributed by atoms with van der Waals surface area (Å²) in [5, 5.41) is 11.1. The van der Waals surface area contributed by atoms with E-state index in [0.717, 1.165) is 0 Å². The molecule has 1 heterocycles. The van der Waals surface area contributed by atoms with Crippen LogP contribution in [0.2, 0.25) is 5.02 Å². The Kier molecular flexibility index (Phi) is 5.72. The van der Waals surface area contributed by atoms with Crippen molar-refractivity contribution in [2.45, 2.75) is 6.61 Å². The number of rotatable bonds is 6. The maximum Gasteiger partial charge on any atom is 0.255 e. The zero-order valence-corrected chi connectivity index (χ0v) is 16.3. The summed E-state index contributed by atoms with van der Waals surface area (Å²) in [5.41, 5.74) is 1.51. The molecule has 3 aromatic carbocycles. The minimum atomic E-state index is -0.627. The Morgan fingerprint density at radius 3 is 2.53 bits per heavy atom. The van der Waals surface area contributed by atoms with Gasteiger partial charge in [0.1, 0.15) is 0 Å². The molecule has 1 N–H and O–H groups in total. The van der Waals surface area contributed by atoms with Crippen LogP contribution < -0.4 is 10.1 Å². The molecule has 4 rings (SSSR count). The molecule has 0 radical (unpaired) electrons. The number of hydrogen-bond donors (Lipinski definition) is 1. The number of halogens is 2. The zero-order chi connectivity index (χ0) is 20.9. The number of aromatic nitrogens is 2. The van der Waals surface area contributed by atoms with Gasteiger partial charge in [0.05, 0.1) is 0 Å². The van der Waals surface area contributed by atoms with Crippen molar-refractivity contribution in [3.8, 4) is 17.2 Å². The highest BCUT2D eigenvalue weighted by molar-refractivity contribution is 6.30. The number of amides is 1. The van der Waals surface area contributed by atoms with Crippen LogP contribution in [0.1, 0.15) is 16.2 Å². The lowest BCUT2D eigenvalue weighted by Gasteiger charge is -2.08. The van der Waals surface area contributed by atoms with E-state index in [1.165, 1.54) is 12.1 Å². The Labute approximate surface area is 176 Å². The van der Waals surface area contributed by atoms with E-state index in [2.05, 4.69) is 15.5 Å². The minimum absolute atomic E-state index is 0.000969. The minimum Gasteiger partial charge on any atom is -0.481 e. The molecule has 0 aliphatic carbocycles. The van der Waals surface area contributed by atoms with Gasteiger partial charge in [0.25, 0.3) is 11.8 Å². The van der Waals surface area contributed by atoms with E-state index in [1.807, 2.05) is 6.07 Å². The molecule has 0 atom stereocenters. The first kappa shape index (κ1) is 19.6. The van der Waals surface area contributed by atoms with Crippen LogP contribution >= 0.6 is 11.6 Å². The third kappa shape index (κ3) is 4.64. The van der Waals surface area contributed by atoms with Gasteiger partial charge in [-0.2, -0.15) is 0 Å². The van der Waals surface area contributed by atoms with Crippen LogP contribution in [0, 0.1) is 5.82 Å². The van der Waals surface area contributed by atoms with Crippen LogP contribution in [0.25, 0.3) is 11.5 Å². The summed E-state index contributed by atoms with van der Waals surface area (Å²) >= 11 is 5.86. The number of nitrogens with one attached hydrogen (secondary N) is 1. The average molecular weight is 424 g/mol. The number of hydrogen-bond acceptors (Lipinski definition) is 5. The van der Waals surface area contributed by atoms with Gasteiger partial charge in [-0.25, -0.2) is 4.39 Å². The van der Waals surface area contributed by atoms with Gasteiger partial charge in [0, 0.05) is 27.9 Å². The number of carbonyl (C=O) groups is 1. The Bertz CT molecular complexity index is 1160. The first-order valence-corrected chi connectivity index (χ1v) is 9.33. The zero-order valence-electron chi connectivity index (χ0n) is 15.5. The molecule has 4 aromatic rings. The quantitative estimate of drug-likeness (QED) is 0.451. The second kappa shape index (κ2) is 8.75. The molecule has 1 amide bonds. The van der Waals surface area contributed by atoms with Crippen LogP contribution in [-0.2, 0) is 6.61 Å². The Morgan fingerprint density at radius 1 is 1.03 bits per heavy atom. The van der Waals surface area contributed by atoms with Gasteiger partial charge in [0.2, 0.25) is 5.89 Å². The van der Waals surface area contributed by atoms with E-state index in [0.29, 0.717) is 27.7 Å². The largest absolute Gasteiger partial charge is 0.481 e. The molecule has 0 unspecified atom stereocenters. The standard InChI is InChI=1S/C22H15ClFN3O3/c23-16-8-6-15(7-9-16)22-27-26-20(30-22)13-29-19-11-10-17(12-18(19)24)25-21(28)14-4-2-1-3-5-14/h1-12H,13H2,(H,25,28). The highest BCUT2D eigenvalue weighted by Crippen LogP contribution is 2.24. The third-order valence-corrected chi connectivity index (χ3v) is 4.39. The third-order valence-electron chi connectivity index (χ3n) is 4.13. The second-order valence-corrected chi connectivity index (χ2v) is 6.70. The van der Waals surface area contributed by atoms with Gasteiger partial charge in [0.15, 0.2) is 18.2 Å². The van der Waals surface area contributed by atoms with Crippen LogP contribution in [0.4, 0.5) is 10.1 Å². The second-order valence-electron chi connectivity index (χ2n) is 6.26. The molecule has 8 heteroatoms. The molecule has 1 aromatic heterocycles. The summed E-state index contributed by atoms with van der Waals surface area (Å²) in [6, 6.07) is 19.7. The summed E-state index contributed by atoms with van der Waals surface area (Å²) < 4.78 is 25.3. The predicted octanol–water partition coefficient (Wildman–Crippen LogP) is 5.36. The van der Waals surface area contributed by atoms with Gasteiger partial charge >= 0.3 is 0 Å². The maximum absolute atomic E-state index is 14.4. The van der Waals surface area contributed by atoms with E-state index >= 15 is 0 Å². The van der Waals surface area contributed by atoms with Crippen molar-refractivity contribution < 1.29 is 18.3 Å². The fraction of sp³-hybridized carbons (Fsp3) is 0.0455. The summed E-state index contributed by atoms with van der Waals surface area (Å²) in [5.74, 6) is -0.452. The molecule has 6 nitrogen and oxygen atoms in total. The highest BCUT2D eigenvalue weighted by atomic mass is 35.5. The summed E-state index contributed by atoms with van der Waals surface area (Å²) in [6.45, 7) is -0.104. The molecule has 0 aliphatic rings. The van der Waals surface area contributed by atoms with Crippen LogP contribution in [0.3, 0.4) is 0 Å². The molecule has 0 saturated heterocycles. The fourth-order valence-corrected chi connectivity index (χ4v) is 2.77. The summed E-state index contributed by atoms with van der Waals surface area (Å²) in [7, 11) is 0. The monoisotopic (exact) mass is 423 g/mol. The maximum atomic E-state index is 14.4. The normalized spacial score (nSPS) is 10.6. The molecule has 30 heavy (non-hydrogen) atoms. The predicted molar refractivity (Wildman–Crippen MR) is 110 cm³/mol. The van der Waals surface area contributed by atoms with E-state index in [9.17, 15) is 9.18 Å². The van der Waals surface area contributed by atoms with Crippen molar-refractivity contribution in [3.05, 3.63) is 95.1 Å². The van der Waals surface area contributed by atoms with E-state index in [1.54, 1.807) is 54.6 Å². The lowest BCUT2D eigenvalue weighted by Crippen LogP contribution is -2.11. The summed E-state index contributed by atoms with van der Waals surface area (Å²) in [6.07, 6.45) is 0. The topological polar surface area (TPSA) is 77.2 Å². The van der Waals surface area contributed by atoms with E-state index in [-0.39, 0.29) is 24.2 Å². The summed E-state index contributed by atoms with van der Waals surface area (Å²) in [4.78, 5) is 12.2. The van der Waals surface area contributed by atoms with Crippen LogP contribution in [-0.4, -0.2) is 16.1 Å². The average Bonchev–Trinajstić information content (AvgIpc) is 3.23. The van der Waals surface area contributed by atoms with Crippen molar-refractivity contribution in [2.75, 3.05) is 5.32 Å². The van der Waals surface area contributed by atoms with Crippen molar-refractivity contribution in [1.82, 2.24) is 10.2 Å². The smallest absolute Gasteiger partial charge is 0.255 e. The van der Waals surface area contributed by atoms with E-state index < -0.39 is 5.82 Å². The van der Waals surface area contributed by atoms with Crippen LogP contribution in [0.15, 0.2) is 77.2 Å². The Morgan fingerprint density at radius 2 is 1.80 bits per heavy atom. The molecule has 0 aliphatic heterocycles. The number of ether oxygens (including phenoxy) is 1. The lowest BCUT2D eigenvalue weighted by atomic mass is 10.2. The lowest BCUT2D eigenvalue weighted by molar-refractivity contribution is 0.102. The van der Waals surface area contributed by atoms with Crippen molar-refractivity contribution in [1.29, 1.82) is 0 Å². The number of carbonyl (C=O) groups excluding carboxylic acids is 1. The molecular weight excluding hydrogens is 409 g/mol. The number of anilines is 1. The Hall–Kier alpha value is -3.71. The van der Waals surface area contributed by atoms with Gasteiger partial charge in [-0.3, -0.25) is 4.79 Å². The molecule has 0 spiro atoms. The van der Waals surface area contributed by atoms with Crippen LogP contribution in [0.5, 0.6) is 5.75 Å². The molecular formula is C22H15ClFN3O3. The number of benzene rings is 3. The van der Waals surface area contributed by atoms with Crippen molar-refractivity contribution in [2.24, 2.45) is 0 Å². The molecule has 0 bridgehead atoms. The van der Waals surface area contributed by atoms with Gasteiger partial charge in [-0.15, -0.1) is 10.2 Å². The van der Waals surface area contributed by atoms with Gasteiger partial charge in [-0.1, -0.05) is 29.8 Å². The van der Waals surface area contributed by atoms with E-state index in [4.69, 9.17) is 20.8 Å². The molecule has 150 valence electrons. The number of nitrogens with zero attached hydrogens (tertiary/aromatic N) is 2. The molecule has 0 fully saturated rings. The van der Waals surface area contributed by atoms with Gasteiger partial charge in [-0.05, 0) is 48.5 Å². The van der Waals surface area contributed by atoms with Crippen molar-refractivity contribution in [3.63, 3.8) is 0 Å².